The highest BCUT2D eigenvalue weighted by Gasteiger charge is 2.30. The van der Waals surface area contributed by atoms with Crippen LogP contribution in [0.5, 0.6) is 0 Å². The summed E-state index contributed by atoms with van der Waals surface area (Å²) in [5, 5.41) is 6.46. The van der Waals surface area contributed by atoms with Crippen LogP contribution in [0, 0.1) is 6.92 Å². The second-order valence-corrected chi connectivity index (χ2v) is 7.35. The number of hydrogen-bond acceptors (Lipinski definition) is 5. The Morgan fingerprint density at radius 1 is 1.33 bits per heavy atom. The molecule has 0 saturated carbocycles. The molecule has 1 amide bonds. The summed E-state index contributed by atoms with van der Waals surface area (Å²) in [6.45, 7) is 5.23. The normalized spacial score (nSPS) is 12.7. The molecule has 8 heteroatoms. The van der Waals surface area contributed by atoms with Gasteiger partial charge in [0.2, 0.25) is 21.8 Å². The van der Waals surface area contributed by atoms with Gasteiger partial charge in [0.1, 0.15) is 6.04 Å². The van der Waals surface area contributed by atoms with Gasteiger partial charge in [0.05, 0.1) is 17.6 Å². The lowest BCUT2D eigenvalue weighted by atomic mass is 10.2. The van der Waals surface area contributed by atoms with Crippen LogP contribution in [0.25, 0.3) is 0 Å². The average molecular weight is 351 g/mol. The van der Waals surface area contributed by atoms with Crippen LogP contribution in [0.4, 0.5) is 11.6 Å². The number of para-hydroxylation sites is 1. The molecule has 0 spiro atoms. The molecule has 0 fully saturated rings. The topological polar surface area (TPSA) is 92.5 Å². The van der Waals surface area contributed by atoms with E-state index < -0.39 is 22.0 Å². The van der Waals surface area contributed by atoms with E-state index in [9.17, 15) is 13.2 Å². The summed E-state index contributed by atoms with van der Waals surface area (Å²) in [6.07, 6.45) is 1.72. The summed E-state index contributed by atoms with van der Waals surface area (Å²) in [6, 6.07) is 7.54. The molecule has 1 atom stereocenters. The highest BCUT2D eigenvalue weighted by Crippen LogP contribution is 2.23. The molecule has 2 rings (SSSR count). The Labute approximate surface area is 141 Å². The number of sulfonamides is 1. The van der Waals surface area contributed by atoms with Crippen LogP contribution in [0.15, 0.2) is 34.9 Å². The van der Waals surface area contributed by atoms with Crippen LogP contribution in [0.3, 0.4) is 0 Å². The highest BCUT2D eigenvalue weighted by atomic mass is 32.2. The number of nitrogens with zero attached hydrogens (tertiary/aromatic N) is 2. The molecule has 1 heterocycles. The van der Waals surface area contributed by atoms with Gasteiger partial charge >= 0.3 is 0 Å². The van der Waals surface area contributed by atoms with E-state index >= 15 is 0 Å². The molecule has 24 heavy (non-hydrogen) atoms. The first-order chi connectivity index (χ1) is 11.3. The molecule has 130 valence electrons. The minimum atomic E-state index is -3.64. The Balaban J connectivity index is 2.29. The Hall–Kier alpha value is -2.35. The number of aromatic nitrogens is 1. The molecular weight excluding hydrogens is 330 g/mol. The standard InChI is InChI=1S/C16H21N3O4S/c1-5-14-11(2)18-23-16(14)17-15(20)12(3)19(24(4,21)22)13-9-7-6-8-10-13/h6-10,12H,5H2,1-4H3,(H,17,20). The largest absolute Gasteiger partial charge is 0.338 e. The first-order valence-electron chi connectivity index (χ1n) is 7.56. The molecule has 1 N–H and O–H groups in total. The van der Waals surface area contributed by atoms with E-state index in [-0.39, 0.29) is 5.88 Å². The molecule has 0 bridgehead atoms. The third kappa shape index (κ3) is 3.76. The fraction of sp³-hybridized carbons (Fsp3) is 0.375. The van der Waals surface area contributed by atoms with Gasteiger partial charge in [-0.25, -0.2) is 8.42 Å². The van der Waals surface area contributed by atoms with E-state index in [0.29, 0.717) is 17.8 Å². The van der Waals surface area contributed by atoms with Crippen molar-refractivity contribution in [3.63, 3.8) is 0 Å². The minimum Gasteiger partial charge on any atom is -0.338 e. The fourth-order valence-corrected chi connectivity index (χ4v) is 3.68. The predicted octanol–water partition coefficient (Wildman–Crippen LogP) is 2.34. The number of carbonyl (C=O) groups excluding carboxylic acids is 1. The van der Waals surface area contributed by atoms with Crippen LogP contribution in [0.1, 0.15) is 25.1 Å². The van der Waals surface area contributed by atoms with Crippen LogP contribution >= 0.6 is 0 Å². The average Bonchev–Trinajstić information content (AvgIpc) is 2.86. The Bertz CT molecular complexity index is 815. The smallest absolute Gasteiger partial charge is 0.250 e. The summed E-state index contributed by atoms with van der Waals surface area (Å²) in [5.41, 5.74) is 1.91. The van der Waals surface area contributed by atoms with Crippen LogP contribution < -0.4 is 9.62 Å². The summed E-state index contributed by atoms with van der Waals surface area (Å²) in [7, 11) is -3.64. The fourth-order valence-electron chi connectivity index (χ4n) is 2.50. The van der Waals surface area contributed by atoms with Crippen molar-refractivity contribution in [1.29, 1.82) is 0 Å². The van der Waals surface area contributed by atoms with Gasteiger partial charge in [0.15, 0.2) is 0 Å². The molecule has 2 aromatic rings. The maximum Gasteiger partial charge on any atom is 0.250 e. The van der Waals surface area contributed by atoms with Crippen LogP contribution in [0.2, 0.25) is 0 Å². The lowest BCUT2D eigenvalue weighted by molar-refractivity contribution is -0.117. The third-order valence-electron chi connectivity index (χ3n) is 3.67. The number of anilines is 2. The van der Waals surface area contributed by atoms with E-state index in [1.807, 2.05) is 6.92 Å². The number of hydrogen-bond donors (Lipinski definition) is 1. The SMILES string of the molecule is CCc1c(C)noc1NC(=O)C(C)N(c1ccccc1)S(C)(=O)=O. The first kappa shape index (κ1) is 18.0. The minimum absolute atomic E-state index is 0.258. The van der Waals surface area contributed by atoms with Crippen molar-refractivity contribution in [2.24, 2.45) is 0 Å². The second-order valence-electron chi connectivity index (χ2n) is 5.49. The number of nitrogens with one attached hydrogen (secondary N) is 1. The molecule has 0 aliphatic heterocycles. The predicted molar refractivity (Wildman–Crippen MR) is 92.5 cm³/mol. The van der Waals surface area contributed by atoms with E-state index in [1.165, 1.54) is 6.92 Å². The monoisotopic (exact) mass is 351 g/mol. The van der Waals surface area contributed by atoms with E-state index in [4.69, 9.17) is 4.52 Å². The maximum absolute atomic E-state index is 12.5. The molecule has 1 aromatic heterocycles. The van der Waals surface area contributed by atoms with Crippen molar-refractivity contribution in [3.05, 3.63) is 41.6 Å². The van der Waals surface area contributed by atoms with Gasteiger partial charge in [-0.3, -0.25) is 14.4 Å². The number of carbonyl (C=O) groups is 1. The molecule has 7 nitrogen and oxygen atoms in total. The summed E-state index contributed by atoms with van der Waals surface area (Å²) in [4.78, 5) is 12.5. The zero-order chi connectivity index (χ0) is 17.9. The Kier molecular flexibility index (Phi) is 5.28. The van der Waals surface area contributed by atoms with Gasteiger partial charge in [-0.2, -0.15) is 0 Å². The molecule has 0 saturated heterocycles. The van der Waals surface area contributed by atoms with Crippen molar-refractivity contribution >= 4 is 27.5 Å². The second kappa shape index (κ2) is 7.04. The summed E-state index contributed by atoms with van der Waals surface area (Å²) in [5.74, 6) is -0.233. The summed E-state index contributed by atoms with van der Waals surface area (Å²) >= 11 is 0. The first-order valence-corrected chi connectivity index (χ1v) is 9.41. The molecule has 0 radical (unpaired) electrons. The van der Waals surface area contributed by atoms with Gasteiger partial charge in [-0.05, 0) is 32.4 Å². The highest BCUT2D eigenvalue weighted by molar-refractivity contribution is 7.92. The molecule has 1 aromatic carbocycles. The van der Waals surface area contributed by atoms with Crippen molar-refractivity contribution in [2.45, 2.75) is 33.2 Å². The van der Waals surface area contributed by atoms with Gasteiger partial charge < -0.3 is 4.52 Å². The van der Waals surface area contributed by atoms with Gasteiger partial charge in [0.25, 0.3) is 0 Å². The van der Waals surface area contributed by atoms with E-state index in [0.717, 1.165) is 16.1 Å². The summed E-state index contributed by atoms with van der Waals surface area (Å²) < 4.78 is 30.5. The Morgan fingerprint density at radius 3 is 2.50 bits per heavy atom. The van der Waals surface area contributed by atoms with Crippen LogP contribution in [-0.4, -0.2) is 31.8 Å². The van der Waals surface area contributed by atoms with Crippen molar-refractivity contribution < 1.29 is 17.7 Å². The number of rotatable bonds is 6. The zero-order valence-electron chi connectivity index (χ0n) is 14.1. The molecule has 0 aliphatic rings. The third-order valence-corrected chi connectivity index (χ3v) is 4.92. The zero-order valence-corrected chi connectivity index (χ0v) is 14.9. The van der Waals surface area contributed by atoms with E-state index in [2.05, 4.69) is 10.5 Å². The van der Waals surface area contributed by atoms with Gasteiger partial charge in [-0.15, -0.1) is 0 Å². The molecule has 1 unspecified atom stereocenters. The molecule has 0 aliphatic carbocycles. The van der Waals surface area contributed by atoms with Gasteiger partial charge in [0, 0.05) is 5.56 Å². The number of amides is 1. The Morgan fingerprint density at radius 2 is 1.96 bits per heavy atom. The van der Waals surface area contributed by atoms with Gasteiger partial charge in [-0.1, -0.05) is 30.3 Å². The van der Waals surface area contributed by atoms with Crippen molar-refractivity contribution in [3.8, 4) is 0 Å². The quantitative estimate of drug-likeness (QED) is 0.862. The van der Waals surface area contributed by atoms with Crippen molar-refractivity contribution in [2.75, 3.05) is 15.9 Å². The number of benzene rings is 1. The maximum atomic E-state index is 12.5. The number of aryl methyl sites for hydroxylation is 1. The van der Waals surface area contributed by atoms with E-state index in [1.54, 1.807) is 37.3 Å². The van der Waals surface area contributed by atoms with Crippen molar-refractivity contribution in [1.82, 2.24) is 5.16 Å². The lowest BCUT2D eigenvalue weighted by Crippen LogP contribution is -2.45. The molecular formula is C16H21N3O4S. The van der Waals surface area contributed by atoms with Crippen LogP contribution in [-0.2, 0) is 21.2 Å². The lowest BCUT2D eigenvalue weighted by Gasteiger charge is -2.27.